The van der Waals surface area contributed by atoms with E-state index in [1.54, 1.807) is 53.0 Å². The van der Waals surface area contributed by atoms with Gasteiger partial charge in [0.25, 0.3) is 5.91 Å². The van der Waals surface area contributed by atoms with Crippen LogP contribution in [0.4, 0.5) is 0 Å². The molecule has 0 aliphatic carbocycles. The van der Waals surface area contributed by atoms with Crippen molar-refractivity contribution in [3.05, 3.63) is 53.3 Å². The smallest absolute Gasteiger partial charge is 0.270 e. The van der Waals surface area contributed by atoms with E-state index in [2.05, 4.69) is 6.07 Å². The van der Waals surface area contributed by atoms with Crippen LogP contribution in [0.25, 0.3) is 0 Å². The predicted molar refractivity (Wildman–Crippen MR) is 86.9 cm³/mol. The Kier molecular flexibility index (Phi) is 4.09. The minimum Gasteiger partial charge on any atom is -0.487 e. The Morgan fingerprint density at radius 2 is 1.92 bits per heavy atom. The van der Waals surface area contributed by atoms with E-state index in [4.69, 9.17) is 10.00 Å². The number of likely N-dealkylation sites (tertiary alicyclic amines) is 1. The average Bonchev–Trinajstić information content (AvgIpc) is 2.92. The number of amides is 1. The second-order valence-corrected chi connectivity index (χ2v) is 5.87. The number of ketones is 1. The molecule has 122 valence electrons. The monoisotopic (exact) mass is 323 g/mol. The molecule has 1 saturated heterocycles. The van der Waals surface area contributed by atoms with Crippen molar-refractivity contribution in [3.8, 4) is 11.8 Å². The Morgan fingerprint density at radius 1 is 1.25 bits per heavy atom. The van der Waals surface area contributed by atoms with Gasteiger partial charge in [-0.15, -0.1) is 0 Å². The molecule has 1 aromatic heterocycles. The van der Waals surface area contributed by atoms with Crippen LogP contribution in [0.1, 0.15) is 33.3 Å². The topological polar surface area (TPSA) is 75.3 Å². The van der Waals surface area contributed by atoms with Crippen molar-refractivity contribution in [2.75, 3.05) is 13.1 Å². The first kappa shape index (κ1) is 15.8. The molecule has 3 rings (SSSR count). The second kappa shape index (κ2) is 6.20. The zero-order chi connectivity index (χ0) is 17.3. The van der Waals surface area contributed by atoms with Gasteiger partial charge in [0.2, 0.25) is 0 Å². The zero-order valence-corrected chi connectivity index (χ0v) is 13.5. The summed E-state index contributed by atoms with van der Waals surface area (Å²) in [6, 6.07) is 10.6. The summed E-state index contributed by atoms with van der Waals surface area (Å²) in [5.41, 5.74) is 1.61. The number of carbonyl (C=O) groups is 2. The zero-order valence-electron chi connectivity index (χ0n) is 13.5. The molecule has 2 aromatic rings. The van der Waals surface area contributed by atoms with Crippen LogP contribution in [-0.2, 0) is 7.05 Å². The molecular formula is C18H17N3O3. The average molecular weight is 323 g/mol. The summed E-state index contributed by atoms with van der Waals surface area (Å²) in [5.74, 6) is 0.517. The molecule has 1 aliphatic heterocycles. The number of ether oxygens (including phenoxy) is 1. The van der Waals surface area contributed by atoms with E-state index in [1.807, 2.05) is 0 Å². The summed E-state index contributed by atoms with van der Waals surface area (Å²) in [5, 5.41) is 8.77. The van der Waals surface area contributed by atoms with Crippen molar-refractivity contribution < 1.29 is 14.3 Å². The van der Waals surface area contributed by atoms with Crippen LogP contribution in [0.5, 0.6) is 5.75 Å². The van der Waals surface area contributed by atoms with Gasteiger partial charge < -0.3 is 14.2 Å². The molecule has 0 saturated carbocycles. The van der Waals surface area contributed by atoms with Crippen molar-refractivity contribution in [3.63, 3.8) is 0 Å². The number of hydrogen-bond donors (Lipinski definition) is 0. The first-order valence-corrected chi connectivity index (χ1v) is 7.61. The molecule has 0 atom stereocenters. The van der Waals surface area contributed by atoms with Gasteiger partial charge in [0.15, 0.2) is 5.78 Å². The normalized spacial score (nSPS) is 14.0. The minimum absolute atomic E-state index is 0.0599. The van der Waals surface area contributed by atoms with Crippen molar-refractivity contribution in [2.24, 2.45) is 7.05 Å². The third-order valence-corrected chi connectivity index (χ3v) is 4.05. The molecule has 0 N–H and O–H groups in total. The van der Waals surface area contributed by atoms with Gasteiger partial charge in [-0.3, -0.25) is 9.59 Å². The maximum Gasteiger partial charge on any atom is 0.270 e. The lowest BCUT2D eigenvalue weighted by Gasteiger charge is -2.38. The maximum atomic E-state index is 12.5. The lowest BCUT2D eigenvalue weighted by molar-refractivity contribution is 0.0171. The minimum atomic E-state index is -0.107. The van der Waals surface area contributed by atoms with Crippen LogP contribution in [0, 0.1) is 11.3 Å². The number of rotatable bonds is 4. The van der Waals surface area contributed by atoms with Crippen molar-refractivity contribution >= 4 is 11.7 Å². The standard InChI is InChI=1S/C18H17N3O3/c1-12(22)14-7-17(20(2)9-14)18(23)21-10-16(11-21)24-15-5-3-13(8-19)4-6-15/h3-7,9,16H,10-11H2,1-2H3. The Labute approximate surface area is 139 Å². The summed E-state index contributed by atoms with van der Waals surface area (Å²) < 4.78 is 7.45. The number of nitrogens with zero attached hydrogens (tertiary/aromatic N) is 3. The quantitative estimate of drug-likeness (QED) is 0.807. The van der Waals surface area contributed by atoms with E-state index in [9.17, 15) is 9.59 Å². The number of Topliss-reactive ketones (excluding diaryl/α,β-unsaturated/α-hetero) is 1. The predicted octanol–water partition coefficient (Wildman–Crippen LogP) is 2.00. The molecule has 0 spiro atoms. The summed E-state index contributed by atoms with van der Waals surface area (Å²) >= 11 is 0. The fraction of sp³-hybridized carbons (Fsp3) is 0.278. The molecule has 1 aliphatic rings. The van der Waals surface area contributed by atoms with E-state index in [-0.39, 0.29) is 17.8 Å². The van der Waals surface area contributed by atoms with Crippen LogP contribution < -0.4 is 4.74 Å². The SMILES string of the molecule is CC(=O)c1cc(C(=O)N2CC(Oc3ccc(C#N)cc3)C2)n(C)c1. The molecule has 1 amide bonds. The van der Waals surface area contributed by atoms with Crippen molar-refractivity contribution in [2.45, 2.75) is 13.0 Å². The van der Waals surface area contributed by atoms with Gasteiger partial charge in [0, 0.05) is 18.8 Å². The summed E-state index contributed by atoms with van der Waals surface area (Å²) in [6.07, 6.45) is 1.61. The van der Waals surface area contributed by atoms with Crippen LogP contribution in [0.15, 0.2) is 36.5 Å². The third-order valence-electron chi connectivity index (χ3n) is 4.05. The van der Waals surface area contributed by atoms with E-state index in [0.717, 1.165) is 0 Å². The number of benzene rings is 1. The molecule has 2 heterocycles. The van der Waals surface area contributed by atoms with Gasteiger partial charge in [-0.2, -0.15) is 5.26 Å². The molecule has 24 heavy (non-hydrogen) atoms. The van der Waals surface area contributed by atoms with E-state index in [0.29, 0.717) is 35.7 Å². The fourth-order valence-electron chi connectivity index (χ4n) is 2.61. The summed E-state index contributed by atoms with van der Waals surface area (Å²) in [7, 11) is 1.75. The number of aryl methyl sites for hydroxylation is 1. The molecular weight excluding hydrogens is 306 g/mol. The number of aromatic nitrogens is 1. The number of carbonyl (C=O) groups excluding carboxylic acids is 2. The van der Waals surface area contributed by atoms with Gasteiger partial charge in [0.1, 0.15) is 17.5 Å². The third kappa shape index (κ3) is 3.01. The fourth-order valence-corrected chi connectivity index (χ4v) is 2.61. The molecule has 0 unspecified atom stereocenters. The van der Waals surface area contributed by atoms with E-state index >= 15 is 0 Å². The van der Waals surface area contributed by atoms with Crippen LogP contribution in [0.2, 0.25) is 0 Å². The van der Waals surface area contributed by atoms with Crippen LogP contribution >= 0.6 is 0 Å². The number of nitriles is 1. The molecule has 0 bridgehead atoms. The van der Waals surface area contributed by atoms with Crippen LogP contribution in [-0.4, -0.2) is 40.4 Å². The van der Waals surface area contributed by atoms with Gasteiger partial charge in [-0.25, -0.2) is 0 Å². The van der Waals surface area contributed by atoms with Crippen molar-refractivity contribution in [1.29, 1.82) is 5.26 Å². The Hall–Kier alpha value is -3.07. The highest BCUT2D eigenvalue weighted by Gasteiger charge is 2.34. The Balaban J connectivity index is 1.58. The highest BCUT2D eigenvalue weighted by atomic mass is 16.5. The molecule has 6 heteroatoms. The van der Waals surface area contributed by atoms with Gasteiger partial charge >= 0.3 is 0 Å². The van der Waals surface area contributed by atoms with Crippen LogP contribution in [0.3, 0.4) is 0 Å². The Bertz CT molecular complexity index is 824. The lowest BCUT2D eigenvalue weighted by Crippen LogP contribution is -2.56. The molecule has 0 radical (unpaired) electrons. The second-order valence-electron chi connectivity index (χ2n) is 5.87. The summed E-state index contributed by atoms with van der Waals surface area (Å²) in [4.78, 5) is 25.6. The molecule has 6 nitrogen and oxygen atoms in total. The first-order valence-electron chi connectivity index (χ1n) is 7.61. The van der Waals surface area contributed by atoms with Gasteiger partial charge in [-0.05, 0) is 37.3 Å². The van der Waals surface area contributed by atoms with Crippen molar-refractivity contribution in [1.82, 2.24) is 9.47 Å². The summed E-state index contributed by atoms with van der Waals surface area (Å²) in [6.45, 7) is 2.48. The largest absolute Gasteiger partial charge is 0.487 e. The molecule has 1 aromatic carbocycles. The highest BCUT2D eigenvalue weighted by Crippen LogP contribution is 2.21. The van der Waals surface area contributed by atoms with E-state index in [1.165, 1.54) is 6.92 Å². The number of hydrogen-bond acceptors (Lipinski definition) is 4. The Morgan fingerprint density at radius 3 is 2.46 bits per heavy atom. The highest BCUT2D eigenvalue weighted by molar-refractivity contribution is 5.99. The molecule has 1 fully saturated rings. The van der Waals surface area contributed by atoms with E-state index < -0.39 is 0 Å². The maximum absolute atomic E-state index is 12.5. The first-order chi connectivity index (χ1) is 11.5. The lowest BCUT2D eigenvalue weighted by atomic mass is 10.1. The van der Waals surface area contributed by atoms with Gasteiger partial charge in [-0.1, -0.05) is 0 Å². The van der Waals surface area contributed by atoms with Gasteiger partial charge in [0.05, 0.1) is 24.7 Å².